The highest BCUT2D eigenvalue weighted by Gasteiger charge is 2.15. The monoisotopic (exact) mass is 269 g/mol. The van der Waals surface area contributed by atoms with Crippen LogP contribution in [0.5, 0.6) is 0 Å². The van der Waals surface area contributed by atoms with Gasteiger partial charge in [0.2, 0.25) is 0 Å². The van der Waals surface area contributed by atoms with Crippen LogP contribution in [0.3, 0.4) is 0 Å². The van der Waals surface area contributed by atoms with Crippen LogP contribution in [0.1, 0.15) is 28.7 Å². The highest BCUT2D eigenvalue weighted by Crippen LogP contribution is 2.13. The number of carbonyl (C=O) groups is 1. The molecular weight excluding hydrogens is 254 g/mol. The fourth-order valence-electron chi connectivity index (χ4n) is 2.22. The standard InChI is InChI=1S/C14H15N5O/c1-3-10-6-11(18(2)17-10)7-14(20)12-8-16-19-5-4-15-9-13(12)19/h4-6,8-9H,3,7H2,1-2H3. The van der Waals surface area contributed by atoms with Gasteiger partial charge in [-0.25, -0.2) is 4.52 Å². The molecule has 0 amide bonds. The number of Topliss-reactive ketones (excluding diaryl/α,β-unsaturated/α-hetero) is 1. The van der Waals surface area contributed by atoms with Gasteiger partial charge in [0, 0.05) is 25.1 Å². The number of rotatable bonds is 4. The summed E-state index contributed by atoms with van der Waals surface area (Å²) in [7, 11) is 1.86. The van der Waals surface area contributed by atoms with E-state index >= 15 is 0 Å². The van der Waals surface area contributed by atoms with Gasteiger partial charge >= 0.3 is 0 Å². The van der Waals surface area contributed by atoms with E-state index in [9.17, 15) is 4.79 Å². The Bertz CT molecular complexity index is 771. The third-order valence-electron chi connectivity index (χ3n) is 3.36. The molecule has 0 atom stereocenters. The lowest BCUT2D eigenvalue weighted by Gasteiger charge is -2.00. The minimum Gasteiger partial charge on any atom is -0.294 e. The third kappa shape index (κ3) is 2.09. The SMILES string of the molecule is CCc1cc(CC(=O)c2cnn3ccncc23)n(C)n1. The lowest BCUT2D eigenvalue weighted by molar-refractivity contribution is 0.0992. The van der Waals surface area contributed by atoms with Gasteiger partial charge in [-0.3, -0.25) is 14.5 Å². The van der Waals surface area contributed by atoms with Gasteiger partial charge in [0.15, 0.2) is 5.78 Å². The van der Waals surface area contributed by atoms with Crippen LogP contribution < -0.4 is 0 Å². The van der Waals surface area contributed by atoms with E-state index in [0.29, 0.717) is 12.0 Å². The minimum absolute atomic E-state index is 0.0265. The molecule has 3 rings (SSSR count). The van der Waals surface area contributed by atoms with Crippen LogP contribution in [0, 0.1) is 0 Å². The zero-order chi connectivity index (χ0) is 14.1. The molecule has 0 radical (unpaired) electrons. The first kappa shape index (κ1) is 12.5. The third-order valence-corrected chi connectivity index (χ3v) is 3.36. The highest BCUT2D eigenvalue weighted by atomic mass is 16.1. The Morgan fingerprint density at radius 2 is 2.20 bits per heavy atom. The van der Waals surface area contributed by atoms with Gasteiger partial charge in [-0.2, -0.15) is 10.2 Å². The van der Waals surface area contributed by atoms with Gasteiger partial charge in [-0.15, -0.1) is 0 Å². The van der Waals surface area contributed by atoms with Gasteiger partial charge in [-0.05, 0) is 12.5 Å². The Balaban J connectivity index is 1.91. The van der Waals surface area contributed by atoms with Crippen LogP contribution in [0.25, 0.3) is 5.52 Å². The summed E-state index contributed by atoms with van der Waals surface area (Å²) in [5.74, 6) is 0.0265. The van der Waals surface area contributed by atoms with E-state index in [1.807, 2.05) is 20.0 Å². The number of fused-ring (bicyclic) bond motifs is 1. The van der Waals surface area contributed by atoms with Gasteiger partial charge in [0.05, 0.1) is 35.6 Å². The summed E-state index contributed by atoms with van der Waals surface area (Å²) in [6.07, 6.45) is 7.80. The molecule has 0 aromatic carbocycles. The van der Waals surface area contributed by atoms with Crippen molar-refractivity contribution in [3.05, 3.63) is 47.8 Å². The maximum Gasteiger partial charge on any atom is 0.172 e. The van der Waals surface area contributed by atoms with Gasteiger partial charge in [0.25, 0.3) is 0 Å². The van der Waals surface area contributed by atoms with Gasteiger partial charge in [0.1, 0.15) is 0 Å². The Morgan fingerprint density at radius 1 is 1.35 bits per heavy atom. The quantitative estimate of drug-likeness (QED) is 0.672. The Labute approximate surface area is 116 Å². The van der Waals surface area contributed by atoms with Crippen molar-refractivity contribution in [2.75, 3.05) is 0 Å². The summed E-state index contributed by atoms with van der Waals surface area (Å²) in [5, 5.41) is 8.52. The number of nitrogens with zero attached hydrogens (tertiary/aromatic N) is 5. The Kier molecular flexibility index (Phi) is 3.06. The molecule has 0 aliphatic heterocycles. The van der Waals surface area contributed by atoms with Gasteiger partial charge in [-0.1, -0.05) is 6.92 Å². The molecule has 0 aliphatic rings. The zero-order valence-electron chi connectivity index (χ0n) is 11.4. The average molecular weight is 269 g/mol. The Morgan fingerprint density at radius 3 is 2.95 bits per heavy atom. The molecule has 6 heteroatoms. The van der Waals surface area contributed by atoms with Crippen molar-refractivity contribution in [1.29, 1.82) is 0 Å². The lowest BCUT2D eigenvalue weighted by atomic mass is 10.1. The number of hydrogen-bond acceptors (Lipinski definition) is 4. The van der Waals surface area contributed by atoms with Gasteiger partial charge < -0.3 is 0 Å². The molecule has 6 nitrogen and oxygen atoms in total. The molecule has 0 aliphatic carbocycles. The van der Waals surface area contributed by atoms with Crippen molar-refractivity contribution < 1.29 is 4.79 Å². The summed E-state index contributed by atoms with van der Waals surface area (Å²) in [4.78, 5) is 16.5. The predicted molar refractivity (Wildman–Crippen MR) is 73.6 cm³/mol. The normalized spacial score (nSPS) is 11.1. The number of hydrogen-bond donors (Lipinski definition) is 0. The van der Waals surface area contributed by atoms with Crippen molar-refractivity contribution in [3.8, 4) is 0 Å². The minimum atomic E-state index is 0.0265. The molecule has 0 fully saturated rings. The zero-order valence-corrected chi connectivity index (χ0v) is 11.4. The summed E-state index contributed by atoms with van der Waals surface area (Å²) < 4.78 is 3.42. The first-order chi connectivity index (χ1) is 9.69. The molecule has 3 heterocycles. The second-order valence-corrected chi connectivity index (χ2v) is 4.67. The van der Waals surface area contributed by atoms with Crippen LogP contribution in [0.15, 0.2) is 30.9 Å². The summed E-state index contributed by atoms with van der Waals surface area (Å²) in [6.45, 7) is 2.05. The van der Waals surface area contributed by atoms with E-state index in [2.05, 4.69) is 15.2 Å². The van der Waals surface area contributed by atoms with E-state index < -0.39 is 0 Å². The summed E-state index contributed by atoms with van der Waals surface area (Å²) >= 11 is 0. The van der Waals surface area contributed by atoms with Crippen LogP contribution in [0.4, 0.5) is 0 Å². The molecule has 0 spiro atoms. The molecular formula is C14H15N5O. The molecule has 0 N–H and O–H groups in total. The Hall–Kier alpha value is -2.50. The molecule has 0 saturated heterocycles. The number of ketones is 1. The smallest absolute Gasteiger partial charge is 0.172 e. The molecule has 0 unspecified atom stereocenters. The van der Waals surface area contributed by atoms with Crippen molar-refractivity contribution >= 4 is 11.3 Å². The van der Waals surface area contributed by atoms with E-state index in [-0.39, 0.29) is 5.78 Å². The molecule has 0 saturated carbocycles. The maximum atomic E-state index is 12.4. The highest BCUT2D eigenvalue weighted by molar-refractivity contribution is 6.02. The van der Waals surface area contributed by atoms with Crippen molar-refractivity contribution in [2.45, 2.75) is 19.8 Å². The van der Waals surface area contributed by atoms with Crippen LogP contribution in [-0.2, 0) is 19.9 Å². The maximum absolute atomic E-state index is 12.4. The summed E-state index contributed by atoms with van der Waals surface area (Å²) in [6, 6.07) is 1.97. The molecule has 3 aromatic heterocycles. The van der Waals surface area contributed by atoms with Crippen LogP contribution in [0.2, 0.25) is 0 Å². The second-order valence-electron chi connectivity index (χ2n) is 4.67. The fraction of sp³-hybridized carbons (Fsp3) is 0.286. The van der Waals surface area contributed by atoms with Crippen LogP contribution in [-0.4, -0.2) is 30.2 Å². The predicted octanol–water partition coefficient (Wildman–Crippen LogP) is 1.45. The molecule has 3 aromatic rings. The fourth-order valence-corrected chi connectivity index (χ4v) is 2.22. The number of aromatic nitrogens is 5. The first-order valence-corrected chi connectivity index (χ1v) is 6.51. The van der Waals surface area contributed by atoms with E-state index in [4.69, 9.17) is 0 Å². The molecule has 0 bridgehead atoms. The van der Waals surface area contributed by atoms with E-state index in [1.54, 1.807) is 34.0 Å². The van der Waals surface area contributed by atoms with Crippen molar-refractivity contribution in [1.82, 2.24) is 24.4 Å². The van der Waals surface area contributed by atoms with Crippen LogP contribution >= 0.6 is 0 Å². The second kappa shape index (κ2) is 4.88. The topological polar surface area (TPSA) is 65.1 Å². The number of aryl methyl sites for hydroxylation is 2. The van der Waals surface area contributed by atoms with E-state index in [0.717, 1.165) is 23.3 Å². The van der Waals surface area contributed by atoms with Crippen molar-refractivity contribution in [2.24, 2.45) is 7.05 Å². The average Bonchev–Trinajstić information content (AvgIpc) is 3.03. The molecule has 20 heavy (non-hydrogen) atoms. The van der Waals surface area contributed by atoms with Crippen molar-refractivity contribution in [3.63, 3.8) is 0 Å². The summed E-state index contributed by atoms with van der Waals surface area (Å²) in [5.41, 5.74) is 3.24. The lowest BCUT2D eigenvalue weighted by Crippen LogP contribution is -2.07. The van der Waals surface area contributed by atoms with E-state index in [1.165, 1.54) is 0 Å². The largest absolute Gasteiger partial charge is 0.294 e. The molecule has 102 valence electrons. The first-order valence-electron chi connectivity index (χ1n) is 6.51. The number of carbonyl (C=O) groups excluding carboxylic acids is 1.